The van der Waals surface area contributed by atoms with E-state index >= 15 is 0 Å². The van der Waals surface area contributed by atoms with E-state index in [1.807, 2.05) is 12.1 Å². The van der Waals surface area contributed by atoms with Gasteiger partial charge in [-0.25, -0.2) is 0 Å². The molecule has 26 heavy (non-hydrogen) atoms. The molecule has 1 aliphatic heterocycles. The largest absolute Gasteiger partial charge is 0.495 e. The predicted molar refractivity (Wildman–Crippen MR) is 108 cm³/mol. The number of nitrogens with zero attached hydrogens (tertiary/aromatic N) is 2. The summed E-state index contributed by atoms with van der Waals surface area (Å²) in [7, 11) is 1.73. The molecule has 0 amide bonds. The topological polar surface area (TPSA) is 58.1 Å². The van der Waals surface area contributed by atoms with Crippen molar-refractivity contribution in [3.05, 3.63) is 24.3 Å². The molecular formula is C20H34N4O2. The Balaban J connectivity index is 1.85. The van der Waals surface area contributed by atoms with Crippen LogP contribution in [0.5, 0.6) is 5.75 Å². The van der Waals surface area contributed by atoms with Crippen molar-refractivity contribution in [2.75, 3.05) is 44.8 Å². The van der Waals surface area contributed by atoms with Gasteiger partial charge in [-0.3, -0.25) is 4.99 Å². The summed E-state index contributed by atoms with van der Waals surface area (Å²) in [5.41, 5.74) is 1.16. The fourth-order valence-electron chi connectivity index (χ4n) is 3.08. The summed E-state index contributed by atoms with van der Waals surface area (Å²) in [4.78, 5) is 7.05. The molecule has 6 nitrogen and oxygen atoms in total. The third kappa shape index (κ3) is 6.41. The third-order valence-corrected chi connectivity index (χ3v) is 4.32. The molecule has 1 fully saturated rings. The second kappa shape index (κ2) is 10.9. The molecule has 1 aromatic rings. The smallest absolute Gasteiger partial charge is 0.191 e. The average molecular weight is 363 g/mol. The summed E-state index contributed by atoms with van der Waals surface area (Å²) < 4.78 is 11.1. The van der Waals surface area contributed by atoms with Crippen molar-refractivity contribution in [3.8, 4) is 5.75 Å². The zero-order chi connectivity index (χ0) is 18.8. The summed E-state index contributed by atoms with van der Waals surface area (Å²) in [5.74, 6) is 1.82. The van der Waals surface area contributed by atoms with Crippen LogP contribution in [-0.2, 0) is 4.74 Å². The maximum absolute atomic E-state index is 5.57. The first-order chi connectivity index (χ1) is 12.6. The lowest BCUT2D eigenvalue weighted by Gasteiger charge is -2.22. The van der Waals surface area contributed by atoms with Crippen LogP contribution in [0, 0.1) is 0 Å². The number of para-hydroxylation sites is 2. The highest BCUT2D eigenvalue weighted by atomic mass is 16.5. The minimum atomic E-state index is 0.282. The number of aliphatic imine (C=N–C) groups is 1. The Hall–Kier alpha value is -1.95. The van der Waals surface area contributed by atoms with Gasteiger partial charge in [0.2, 0.25) is 0 Å². The first-order valence-electron chi connectivity index (χ1n) is 9.68. The molecule has 0 saturated carbocycles. The van der Waals surface area contributed by atoms with Gasteiger partial charge >= 0.3 is 0 Å². The number of nitrogens with one attached hydrogen (secondary N) is 2. The van der Waals surface area contributed by atoms with E-state index in [9.17, 15) is 0 Å². The van der Waals surface area contributed by atoms with Crippen LogP contribution in [0.2, 0.25) is 0 Å². The van der Waals surface area contributed by atoms with Crippen molar-refractivity contribution in [3.63, 3.8) is 0 Å². The first kappa shape index (κ1) is 20.4. The predicted octanol–water partition coefficient (Wildman–Crippen LogP) is 2.64. The van der Waals surface area contributed by atoms with Gasteiger partial charge in [0.15, 0.2) is 5.96 Å². The van der Waals surface area contributed by atoms with E-state index in [4.69, 9.17) is 9.47 Å². The van der Waals surface area contributed by atoms with Crippen LogP contribution in [0.1, 0.15) is 33.6 Å². The highest BCUT2D eigenvalue weighted by Gasteiger charge is 2.25. The molecule has 1 atom stereocenters. The summed E-state index contributed by atoms with van der Waals surface area (Å²) in [6, 6.07) is 8.58. The summed E-state index contributed by atoms with van der Waals surface area (Å²) in [6.07, 6.45) is 2.30. The third-order valence-electron chi connectivity index (χ3n) is 4.32. The molecular weight excluding hydrogens is 328 g/mol. The van der Waals surface area contributed by atoms with Crippen LogP contribution >= 0.6 is 0 Å². The molecule has 0 bridgehead atoms. The zero-order valence-corrected chi connectivity index (χ0v) is 16.6. The van der Waals surface area contributed by atoms with Crippen molar-refractivity contribution in [2.45, 2.75) is 45.8 Å². The van der Waals surface area contributed by atoms with Crippen molar-refractivity contribution in [1.82, 2.24) is 10.6 Å². The summed E-state index contributed by atoms with van der Waals surface area (Å²) in [6.45, 7) is 10.6. The van der Waals surface area contributed by atoms with Crippen molar-refractivity contribution < 1.29 is 9.47 Å². The molecule has 2 N–H and O–H groups in total. The Morgan fingerprint density at radius 3 is 2.88 bits per heavy atom. The maximum Gasteiger partial charge on any atom is 0.191 e. The molecule has 146 valence electrons. The molecule has 1 aromatic carbocycles. The molecule has 1 unspecified atom stereocenters. The number of benzene rings is 1. The van der Waals surface area contributed by atoms with E-state index in [-0.39, 0.29) is 6.10 Å². The van der Waals surface area contributed by atoms with Gasteiger partial charge in [0, 0.05) is 38.8 Å². The van der Waals surface area contributed by atoms with Gasteiger partial charge in [-0.05, 0) is 45.7 Å². The fraction of sp³-hybridized carbons (Fsp3) is 0.650. The van der Waals surface area contributed by atoms with Crippen LogP contribution in [0.25, 0.3) is 0 Å². The minimum absolute atomic E-state index is 0.282. The first-order valence-corrected chi connectivity index (χ1v) is 9.68. The lowest BCUT2D eigenvalue weighted by molar-refractivity contribution is 0.0782. The van der Waals surface area contributed by atoms with Gasteiger partial charge in [-0.15, -0.1) is 0 Å². The van der Waals surface area contributed by atoms with Crippen molar-refractivity contribution in [2.24, 2.45) is 4.99 Å². The Morgan fingerprint density at radius 1 is 1.35 bits per heavy atom. The van der Waals surface area contributed by atoms with Crippen LogP contribution in [-0.4, -0.2) is 58.0 Å². The Morgan fingerprint density at radius 2 is 2.15 bits per heavy atom. The van der Waals surface area contributed by atoms with Gasteiger partial charge in [0.05, 0.1) is 18.9 Å². The van der Waals surface area contributed by atoms with Crippen LogP contribution in [0.3, 0.4) is 0 Å². The molecule has 0 spiro atoms. The molecule has 1 saturated heterocycles. The number of methoxy groups -OCH3 is 1. The number of anilines is 1. The second-order valence-corrected chi connectivity index (χ2v) is 6.78. The normalized spacial score (nSPS) is 17.7. The zero-order valence-electron chi connectivity index (χ0n) is 16.6. The summed E-state index contributed by atoms with van der Waals surface area (Å²) >= 11 is 0. The molecule has 6 heteroatoms. The molecule has 1 heterocycles. The van der Waals surface area contributed by atoms with Crippen molar-refractivity contribution in [1.29, 1.82) is 0 Å². The number of hydrogen-bond acceptors (Lipinski definition) is 4. The highest BCUT2D eigenvalue weighted by Crippen LogP contribution is 2.30. The molecule has 0 aromatic heterocycles. The SMILES string of the molecule is CCNC(=NCCCOC(C)C)NC1CCN(c2ccccc2OC)C1. The summed E-state index contributed by atoms with van der Waals surface area (Å²) in [5, 5.41) is 6.91. The van der Waals surface area contributed by atoms with Gasteiger partial charge in [0.1, 0.15) is 5.75 Å². The van der Waals surface area contributed by atoms with E-state index in [0.29, 0.717) is 6.04 Å². The van der Waals surface area contributed by atoms with Crippen LogP contribution in [0.4, 0.5) is 5.69 Å². The van der Waals surface area contributed by atoms with Gasteiger partial charge in [-0.2, -0.15) is 0 Å². The lowest BCUT2D eigenvalue weighted by Crippen LogP contribution is -2.44. The van der Waals surface area contributed by atoms with E-state index in [1.54, 1.807) is 7.11 Å². The van der Waals surface area contributed by atoms with Gasteiger partial charge < -0.3 is 25.0 Å². The molecule has 0 aliphatic carbocycles. The van der Waals surface area contributed by atoms with E-state index in [1.165, 1.54) is 0 Å². The van der Waals surface area contributed by atoms with Crippen LogP contribution < -0.4 is 20.3 Å². The maximum atomic E-state index is 5.57. The van der Waals surface area contributed by atoms with Crippen LogP contribution in [0.15, 0.2) is 29.3 Å². The molecule has 2 rings (SSSR count). The molecule has 0 radical (unpaired) electrons. The quantitative estimate of drug-likeness (QED) is 0.402. The van der Waals surface area contributed by atoms with E-state index < -0.39 is 0 Å². The Bertz CT molecular complexity index is 562. The number of ether oxygens (including phenoxy) is 2. The standard InChI is InChI=1S/C20H34N4O2/c1-5-21-20(22-12-8-14-26-16(2)3)23-17-11-13-24(15-17)18-9-6-7-10-19(18)25-4/h6-7,9-10,16-17H,5,8,11-15H2,1-4H3,(H2,21,22,23). The minimum Gasteiger partial charge on any atom is -0.495 e. The van der Waals surface area contributed by atoms with E-state index in [2.05, 4.69) is 53.4 Å². The van der Waals surface area contributed by atoms with Gasteiger partial charge in [-0.1, -0.05) is 12.1 Å². The average Bonchev–Trinajstić information content (AvgIpc) is 3.09. The van der Waals surface area contributed by atoms with E-state index in [0.717, 1.165) is 63.0 Å². The lowest BCUT2D eigenvalue weighted by atomic mass is 10.2. The Kier molecular flexibility index (Phi) is 8.54. The van der Waals surface area contributed by atoms with Crippen molar-refractivity contribution >= 4 is 11.6 Å². The van der Waals surface area contributed by atoms with Gasteiger partial charge in [0.25, 0.3) is 0 Å². The molecule has 1 aliphatic rings. The number of guanidine groups is 1. The highest BCUT2D eigenvalue weighted by molar-refractivity contribution is 5.80. The fourth-order valence-corrected chi connectivity index (χ4v) is 3.08. The monoisotopic (exact) mass is 362 g/mol. The number of hydrogen-bond donors (Lipinski definition) is 2. The number of rotatable bonds is 9. The Labute approximate surface area is 158 Å². The second-order valence-electron chi connectivity index (χ2n) is 6.78.